The third kappa shape index (κ3) is 3.39. The zero-order valence-corrected chi connectivity index (χ0v) is 11.2. The topological polar surface area (TPSA) is 66.8 Å². The molecule has 0 aromatic heterocycles. The van der Waals surface area contributed by atoms with Gasteiger partial charge in [-0.25, -0.2) is 4.39 Å². The molecule has 0 saturated heterocycles. The van der Waals surface area contributed by atoms with Gasteiger partial charge in [-0.2, -0.15) is 0 Å². The molecule has 0 saturated carbocycles. The van der Waals surface area contributed by atoms with Crippen LogP contribution in [0.1, 0.15) is 15.9 Å². The number of hydrogen-bond donors (Lipinski definition) is 2. The Hall–Kier alpha value is -2.82. The van der Waals surface area contributed by atoms with Crippen LogP contribution in [-0.4, -0.2) is 23.1 Å². The number of hydrogen-bond acceptors (Lipinski definition) is 4. The summed E-state index contributed by atoms with van der Waals surface area (Å²) in [4.78, 5) is 12.1. The molecule has 0 heterocycles. The van der Waals surface area contributed by atoms with Crippen LogP contribution >= 0.6 is 0 Å². The Morgan fingerprint density at radius 1 is 1.24 bits per heavy atom. The van der Waals surface area contributed by atoms with Gasteiger partial charge in [-0.15, -0.1) is 0 Å². The zero-order valence-electron chi connectivity index (χ0n) is 11.2. The summed E-state index contributed by atoms with van der Waals surface area (Å²) < 4.78 is 18.0. The van der Waals surface area contributed by atoms with Gasteiger partial charge in [0.1, 0.15) is 23.1 Å². The maximum Gasteiger partial charge on any atom is 0.193 e. The number of carbonyl (C=O) groups is 1. The average Bonchev–Trinajstić information content (AvgIpc) is 2.47. The van der Waals surface area contributed by atoms with Crippen LogP contribution in [0.25, 0.3) is 5.76 Å². The van der Waals surface area contributed by atoms with E-state index in [0.29, 0.717) is 5.75 Å². The number of phenols is 1. The van der Waals surface area contributed by atoms with Crippen molar-refractivity contribution in [1.29, 1.82) is 0 Å². The molecule has 108 valence electrons. The Bertz CT molecular complexity index is 707. The fourth-order valence-electron chi connectivity index (χ4n) is 1.77. The largest absolute Gasteiger partial charge is 0.507 e. The molecule has 5 heteroatoms. The van der Waals surface area contributed by atoms with Crippen LogP contribution in [0.15, 0.2) is 48.5 Å². The van der Waals surface area contributed by atoms with Gasteiger partial charge in [-0.1, -0.05) is 12.1 Å². The van der Waals surface area contributed by atoms with Crippen LogP contribution in [0.2, 0.25) is 0 Å². The fraction of sp³-hybridized carbons (Fsp3) is 0.0625. The minimum absolute atomic E-state index is 0.0164. The van der Waals surface area contributed by atoms with E-state index >= 15 is 0 Å². The third-order valence-electron chi connectivity index (χ3n) is 2.86. The lowest BCUT2D eigenvalue weighted by Crippen LogP contribution is -1.98. The van der Waals surface area contributed by atoms with Crippen LogP contribution in [0, 0.1) is 5.82 Å². The van der Waals surface area contributed by atoms with Gasteiger partial charge in [-0.3, -0.25) is 4.79 Å². The fourth-order valence-corrected chi connectivity index (χ4v) is 1.77. The van der Waals surface area contributed by atoms with Crippen LogP contribution in [0.5, 0.6) is 11.5 Å². The van der Waals surface area contributed by atoms with E-state index in [-0.39, 0.29) is 22.6 Å². The molecule has 0 aliphatic carbocycles. The highest BCUT2D eigenvalue weighted by Gasteiger charge is 2.12. The number of aromatic hydroxyl groups is 1. The lowest BCUT2D eigenvalue weighted by atomic mass is 10.1. The molecule has 0 aliphatic heterocycles. The van der Waals surface area contributed by atoms with Crippen molar-refractivity contribution in [3.05, 3.63) is 65.5 Å². The van der Waals surface area contributed by atoms with Gasteiger partial charge in [0.25, 0.3) is 0 Å². The first kappa shape index (κ1) is 14.6. The maximum atomic E-state index is 13.1. The van der Waals surface area contributed by atoms with E-state index in [4.69, 9.17) is 4.74 Å². The van der Waals surface area contributed by atoms with E-state index in [2.05, 4.69) is 0 Å². The first-order valence-corrected chi connectivity index (χ1v) is 6.09. The summed E-state index contributed by atoms with van der Waals surface area (Å²) in [6.45, 7) is 0. The first-order chi connectivity index (χ1) is 10.0. The normalized spacial score (nSPS) is 11.2. The van der Waals surface area contributed by atoms with Crippen LogP contribution in [-0.2, 0) is 0 Å². The maximum absolute atomic E-state index is 13.1. The Morgan fingerprint density at radius 2 is 2.00 bits per heavy atom. The smallest absolute Gasteiger partial charge is 0.193 e. The van der Waals surface area contributed by atoms with Crippen LogP contribution in [0.4, 0.5) is 4.39 Å². The van der Waals surface area contributed by atoms with Crippen molar-refractivity contribution in [2.75, 3.05) is 7.11 Å². The van der Waals surface area contributed by atoms with Crippen molar-refractivity contribution < 1.29 is 24.1 Å². The van der Waals surface area contributed by atoms with E-state index < -0.39 is 11.6 Å². The monoisotopic (exact) mass is 288 g/mol. The van der Waals surface area contributed by atoms with E-state index in [1.54, 1.807) is 0 Å². The van der Waals surface area contributed by atoms with Crippen LogP contribution < -0.4 is 4.74 Å². The molecule has 0 amide bonds. The number of benzene rings is 2. The van der Waals surface area contributed by atoms with Crippen molar-refractivity contribution in [2.24, 2.45) is 0 Å². The predicted octanol–water partition coefficient (Wildman–Crippen LogP) is 3.32. The molecule has 0 unspecified atom stereocenters. The molecular formula is C16H13FO4. The lowest BCUT2D eigenvalue weighted by molar-refractivity contribution is 0.104. The zero-order chi connectivity index (χ0) is 15.4. The van der Waals surface area contributed by atoms with Gasteiger partial charge in [0, 0.05) is 11.6 Å². The summed E-state index contributed by atoms with van der Waals surface area (Å²) in [5.74, 6) is -1.36. The summed E-state index contributed by atoms with van der Waals surface area (Å²) in [5.41, 5.74) is 0.156. The molecule has 0 radical (unpaired) electrons. The first-order valence-electron chi connectivity index (χ1n) is 6.09. The second-order valence-corrected chi connectivity index (χ2v) is 4.29. The van der Waals surface area contributed by atoms with E-state index in [0.717, 1.165) is 12.1 Å². The predicted molar refractivity (Wildman–Crippen MR) is 76.0 cm³/mol. The molecule has 0 aliphatic rings. The lowest BCUT2D eigenvalue weighted by Gasteiger charge is -2.05. The number of allylic oxidation sites excluding steroid dienone is 1. The molecule has 0 fully saturated rings. The summed E-state index contributed by atoms with van der Waals surface area (Å²) in [6, 6.07) is 9.39. The Balaban J connectivity index is 2.34. The standard InChI is InChI=1S/C16H13FO4/c1-21-12-5-6-14(18)13(8-12)16(20)9-15(19)10-3-2-4-11(17)7-10/h2-9,18-19H,1H3. The van der Waals surface area contributed by atoms with E-state index in [1.165, 1.54) is 43.5 Å². The number of methoxy groups -OCH3 is 1. The molecule has 2 aromatic carbocycles. The summed E-state index contributed by atoms with van der Waals surface area (Å²) in [6.07, 6.45) is 0.920. The van der Waals surface area contributed by atoms with Gasteiger partial charge < -0.3 is 14.9 Å². The third-order valence-corrected chi connectivity index (χ3v) is 2.86. The molecule has 4 nitrogen and oxygen atoms in total. The number of aliphatic hydroxyl groups is 1. The molecule has 0 spiro atoms. The quantitative estimate of drug-likeness (QED) is 0.514. The number of phenolic OH excluding ortho intramolecular Hbond substituents is 1. The summed E-state index contributed by atoms with van der Waals surface area (Å²) in [7, 11) is 1.43. The molecule has 21 heavy (non-hydrogen) atoms. The Labute approximate surface area is 120 Å². The molecule has 2 rings (SSSR count). The average molecular weight is 288 g/mol. The molecule has 2 N–H and O–H groups in total. The van der Waals surface area contributed by atoms with Crippen molar-refractivity contribution in [3.63, 3.8) is 0 Å². The number of rotatable bonds is 4. The number of ketones is 1. The van der Waals surface area contributed by atoms with Gasteiger partial charge in [0.15, 0.2) is 5.78 Å². The second kappa shape index (κ2) is 6.09. The highest BCUT2D eigenvalue weighted by Crippen LogP contribution is 2.24. The number of aliphatic hydroxyl groups excluding tert-OH is 1. The van der Waals surface area contributed by atoms with Gasteiger partial charge >= 0.3 is 0 Å². The highest BCUT2D eigenvalue weighted by atomic mass is 19.1. The SMILES string of the molecule is COc1ccc(O)c(C(=O)C=C(O)c2cccc(F)c2)c1. The minimum Gasteiger partial charge on any atom is -0.507 e. The van der Waals surface area contributed by atoms with E-state index in [9.17, 15) is 19.4 Å². The summed E-state index contributed by atoms with van der Waals surface area (Å²) in [5, 5.41) is 19.5. The molecule has 0 bridgehead atoms. The van der Waals surface area contributed by atoms with Crippen molar-refractivity contribution in [1.82, 2.24) is 0 Å². The van der Waals surface area contributed by atoms with Gasteiger partial charge in [0.05, 0.1) is 12.7 Å². The van der Waals surface area contributed by atoms with Gasteiger partial charge in [0.2, 0.25) is 0 Å². The Morgan fingerprint density at radius 3 is 2.67 bits per heavy atom. The molecule has 0 atom stereocenters. The van der Waals surface area contributed by atoms with Gasteiger partial charge in [-0.05, 0) is 30.3 Å². The highest BCUT2D eigenvalue weighted by molar-refractivity contribution is 6.09. The summed E-state index contributed by atoms with van der Waals surface area (Å²) >= 11 is 0. The number of ether oxygens (including phenoxy) is 1. The number of halogens is 1. The Kier molecular flexibility index (Phi) is 4.23. The van der Waals surface area contributed by atoms with Crippen molar-refractivity contribution in [2.45, 2.75) is 0 Å². The minimum atomic E-state index is -0.617. The van der Waals surface area contributed by atoms with Crippen LogP contribution in [0.3, 0.4) is 0 Å². The molecule has 2 aromatic rings. The second-order valence-electron chi connectivity index (χ2n) is 4.29. The molecular weight excluding hydrogens is 275 g/mol. The van der Waals surface area contributed by atoms with E-state index in [1.807, 2.05) is 0 Å². The number of carbonyl (C=O) groups excluding carboxylic acids is 1. The van der Waals surface area contributed by atoms with Crippen molar-refractivity contribution >= 4 is 11.5 Å². The van der Waals surface area contributed by atoms with Crippen molar-refractivity contribution in [3.8, 4) is 11.5 Å².